The molecule has 29 heavy (non-hydrogen) atoms. The van der Waals surface area contributed by atoms with Crippen molar-refractivity contribution in [3.8, 4) is 0 Å². The maximum absolute atomic E-state index is 13.5. The zero-order valence-corrected chi connectivity index (χ0v) is 14.7. The standard InChI is InChI=1S/C23H12F6/c24-22(25,26)20-10-5-11-21(23(27,28)29)19(20)13-18-16-8-3-1-6-14(16)12-15-7-2-4-9-17(15)18/h1-12H. The average molecular weight is 402 g/mol. The highest BCUT2D eigenvalue weighted by Gasteiger charge is 2.42. The highest BCUT2D eigenvalue weighted by molar-refractivity contribution is 5.88. The molecule has 4 rings (SSSR count). The Hall–Kier alpha value is -3.24. The lowest BCUT2D eigenvalue weighted by atomic mass is 9.80. The van der Waals surface area contributed by atoms with Crippen LogP contribution in [0.1, 0.15) is 22.3 Å². The molecular formula is C23H12F6. The molecule has 0 heterocycles. The predicted octanol–water partition coefficient (Wildman–Crippen LogP) is 6.75. The molecular weight excluding hydrogens is 390 g/mol. The largest absolute Gasteiger partial charge is 0.382 e. The Morgan fingerprint density at radius 1 is 0.793 bits per heavy atom. The second-order valence-corrected chi connectivity index (χ2v) is 6.54. The Morgan fingerprint density at radius 2 is 1.34 bits per heavy atom. The summed E-state index contributed by atoms with van der Waals surface area (Å²) in [6, 6.07) is 13.7. The molecule has 0 bridgehead atoms. The summed E-state index contributed by atoms with van der Waals surface area (Å²) in [6.07, 6.45) is -6.02. The molecule has 0 fully saturated rings. The monoisotopic (exact) mass is 402 g/mol. The third-order valence-corrected chi connectivity index (χ3v) is 4.70. The van der Waals surface area contributed by atoms with E-state index in [1.54, 1.807) is 48.5 Å². The maximum Gasteiger partial charge on any atom is 0.382 e. The van der Waals surface area contributed by atoms with E-state index >= 15 is 0 Å². The zero-order chi connectivity index (χ0) is 20.8. The Labute approximate surface area is 163 Å². The van der Waals surface area contributed by atoms with Crippen molar-refractivity contribution in [2.45, 2.75) is 12.4 Å². The number of alkyl halides is 6. The van der Waals surface area contributed by atoms with E-state index in [0.717, 1.165) is 6.08 Å². The molecule has 0 saturated heterocycles. The predicted molar refractivity (Wildman–Crippen MR) is 97.5 cm³/mol. The lowest BCUT2D eigenvalue weighted by Crippen LogP contribution is -2.27. The van der Waals surface area contributed by atoms with Crippen LogP contribution in [0.15, 0.2) is 83.6 Å². The molecule has 0 amide bonds. The molecule has 2 aliphatic carbocycles. The van der Waals surface area contributed by atoms with Crippen molar-refractivity contribution >= 4 is 5.57 Å². The first-order valence-corrected chi connectivity index (χ1v) is 8.61. The summed E-state index contributed by atoms with van der Waals surface area (Å²) in [7, 11) is 0. The van der Waals surface area contributed by atoms with Crippen molar-refractivity contribution < 1.29 is 26.3 Å². The van der Waals surface area contributed by atoms with Gasteiger partial charge in [0.15, 0.2) is 0 Å². The van der Waals surface area contributed by atoms with Crippen molar-refractivity contribution in [2.75, 3.05) is 0 Å². The average Bonchev–Trinajstić information content (AvgIpc) is 2.66. The van der Waals surface area contributed by atoms with Crippen LogP contribution in [0.3, 0.4) is 0 Å². The van der Waals surface area contributed by atoms with Gasteiger partial charge in [-0.2, -0.15) is 26.3 Å². The molecule has 0 nitrogen and oxygen atoms in total. The number of rotatable bonds is 0. The van der Waals surface area contributed by atoms with E-state index in [4.69, 9.17) is 0 Å². The second-order valence-electron chi connectivity index (χ2n) is 6.54. The minimum atomic E-state index is -4.95. The Morgan fingerprint density at radius 3 is 1.86 bits per heavy atom. The van der Waals surface area contributed by atoms with Gasteiger partial charge in [-0.15, -0.1) is 18.2 Å². The van der Waals surface area contributed by atoms with Crippen molar-refractivity contribution in [2.24, 2.45) is 0 Å². The van der Waals surface area contributed by atoms with Crippen LogP contribution in [0.4, 0.5) is 26.3 Å². The lowest BCUT2D eigenvalue weighted by molar-refractivity contribution is -0.109. The fourth-order valence-electron chi connectivity index (χ4n) is 3.43. The van der Waals surface area contributed by atoms with Crippen molar-refractivity contribution in [3.05, 3.63) is 118 Å². The van der Waals surface area contributed by atoms with E-state index in [-0.39, 0.29) is 5.57 Å². The second kappa shape index (κ2) is 6.68. The molecule has 0 N–H and O–H groups in total. The summed E-state index contributed by atoms with van der Waals surface area (Å²) in [4.78, 5) is 0. The molecule has 146 valence electrons. The van der Waals surface area contributed by atoms with Gasteiger partial charge < -0.3 is 0 Å². The van der Waals surface area contributed by atoms with Crippen LogP contribution in [0, 0.1) is 12.3 Å². The van der Waals surface area contributed by atoms with Crippen LogP contribution in [0.25, 0.3) is 5.57 Å². The van der Waals surface area contributed by atoms with Gasteiger partial charge >= 0.3 is 12.4 Å². The molecule has 0 aromatic heterocycles. The van der Waals surface area contributed by atoms with Gasteiger partial charge in [-0.05, 0) is 47.9 Å². The van der Waals surface area contributed by atoms with Crippen molar-refractivity contribution in [1.82, 2.24) is 0 Å². The smallest absolute Gasteiger partial charge is 0.208 e. The summed E-state index contributed by atoms with van der Waals surface area (Å²) in [5.74, 6) is -1.37. The van der Waals surface area contributed by atoms with Gasteiger partial charge in [0, 0.05) is 18.6 Å². The van der Waals surface area contributed by atoms with Gasteiger partial charge in [-0.1, -0.05) is 5.57 Å². The lowest BCUT2D eigenvalue weighted by Gasteiger charge is -2.32. The van der Waals surface area contributed by atoms with E-state index < -0.39 is 29.4 Å². The highest BCUT2D eigenvalue weighted by Crippen LogP contribution is 2.46. The molecule has 0 spiro atoms. The zero-order valence-electron chi connectivity index (χ0n) is 14.7. The fraction of sp³-hybridized carbons (Fsp3) is 0.0870. The number of hydrogen-bond acceptors (Lipinski definition) is 0. The van der Waals surface area contributed by atoms with E-state index in [1.807, 2.05) is 6.42 Å². The molecule has 0 radical (unpaired) electrons. The topological polar surface area (TPSA) is 0 Å². The molecule has 2 aliphatic rings. The SMILES string of the molecule is FC(F)(F)C1=CC=C[C-](C(F)(F)F)C1=C=C1c2ccccc2[CH+]c2ccccc21. The third kappa shape index (κ3) is 3.47. The molecule has 2 aromatic rings. The minimum absolute atomic E-state index is 0.195. The van der Waals surface area contributed by atoms with Gasteiger partial charge in [-0.25, -0.2) is 5.73 Å². The van der Waals surface area contributed by atoms with Gasteiger partial charge in [0.1, 0.15) is 0 Å². The number of halogens is 6. The third-order valence-electron chi connectivity index (χ3n) is 4.70. The Balaban J connectivity index is 2.08. The van der Waals surface area contributed by atoms with Crippen LogP contribution in [-0.4, -0.2) is 12.4 Å². The summed E-state index contributed by atoms with van der Waals surface area (Å²) in [6.45, 7) is 0. The van der Waals surface area contributed by atoms with E-state index in [0.29, 0.717) is 34.4 Å². The number of hydrogen-bond donors (Lipinski definition) is 0. The fourth-order valence-corrected chi connectivity index (χ4v) is 3.43. The first kappa shape index (κ1) is 19.1. The van der Waals surface area contributed by atoms with Crippen LogP contribution in [-0.2, 0) is 0 Å². The molecule has 6 heteroatoms. The molecule has 0 unspecified atom stereocenters. The van der Waals surface area contributed by atoms with Crippen LogP contribution in [0.2, 0.25) is 0 Å². The van der Waals surface area contributed by atoms with E-state index in [9.17, 15) is 26.3 Å². The first-order chi connectivity index (χ1) is 13.7. The van der Waals surface area contributed by atoms with E-state index in [2.05, 4.69) is 5.73 Å². The quantitative estimate of drug-likeness (QED) is 0.222. The van der Waals surface area contributed by atoms with Crippen LogP contribution >= 0.6 is 0 Å². The summed E-state index contributed by atoms with van der Waals surface area (Å²) in [5, 5.41) is 0. The minimum Gasteiger partial charge on any atom is -0.208 e. The Bertz CT molecular complexity index is 1040. The molecule has 0 atom stereocenters. The highest BCUT2D eigenvalue weighted by atomic mass is 19.4. The normalized spacial score (nSPS) is 15.9. The summed E-state index contributed by atoms with van der Waals surface area (Å²) in [5.41, 5.74) is 2.77. The van der Waals surface area contributed by atoms with Gasteiger partial charge in [0.25, 0.3) is 0 Å². The first-order valence-electron chi connectivity index (χ1n) is 8.61. The number of fused-ring (bicyclic) bond motifs is 2. The maximum atomic E-state index is 13.5. The molecule has 0 aliphatic heterocycles. The van der Waals surface area contributed by atoms with E-state index in [1.165, 1.54) is 0 Å². The van der Waals surface area contributed by atoms with Crippen LogP contribution in [0.5, 0.6) is 0 Å². The number of allylic oxidation sites excluding steroid dienone is 5. The Kier molecular flexibility index (Phi) is 4.39. The van der Waals surface area contributed by atoms with Gasteiger partial charge in [-0.3, -0.25) is 0 Å². The molecule has 0 saturated carbocycles. The van der Waals surface area contributed by atoms with Crippen molar-refractivity contribution in [3.63, 3.8) is 0 Å². The van der Waals surface area contributed by atoms with Crippen molar-refractivity contribution in [1.29, 1.82) is 0 Å². The number of benzene rings is 2. The van der Waals surface area contributed by atoms with Crippen LogP contribution < -0.4 is 0 Å². The van der Waals surface area contributed by atoms with Gasteiger partial charge in [0.05, 0.1) is 27.8 Å². The van der Waals surface area contributed by atoms with Gasteiger partial charge in [0.2, 0.25) is 0 Å². The summed E-state index contributed by atoms with van der Waals surface area (Å²) >= 11 is 0. The summed E-state index contributed by atoms with van der Waals surface area (Å²) < 4.78 is 81.2. The molecule has 2 aromatic carbocycles.